The Balaban J connectivity index is 1.17. The van der Waals surface area contributed by atoms with Crippen molar-refractivity contribution >= 4 is 64.0 Å². The van der Waals surface area contributed by atoms with Crippen LogP contribution in [0.4, 0.5) is 9.93 Å². The zero-order valence-corrected chi connectivity index (χ0v) is 37.1. The van der Waals surface area contributed by atoms with Gasteiger partial charge in [0.25, 0.3) is 11.8 Å². The first-order chi connectivity index (χ1) is 31.1. The quantitative estimate of drug-likeness (QED) is 0.0215. The molecule has 16 heteroatoms. The van der Waals surface area contributed by atoms with E-state index in [9.17, 15) is 19.2 Å². The number of aromatic nitrogens is 2. The lowest BCUT2D eigenvalue weighted by Gasteiger charge is -2.49. The van der Waals surface area contributed by atoms with Crippen molar-refractivity contribution in [1.82, 2.24) is 20.2 Å². The van der Waals surface area contributed by atoms with Gasteiger partial charge < -0.3 is 30.1 Å². The molecule has 2 aromatic heterocycles. The van der Waals surface area contributed by atoms with Crippen LogP contribution in [0.2, 0.25) is 0 Å². The average molecular weight is 901 g/mol. The number of amides is 2. The molecule has 3 aromatic carbocycles. The lowest BCUT2D eigenvalue weighted by atomic mass is 9.80. The molecule has 7 rings (SSSR count). The van der Waals surface area contributed by atoms with Gasteiger partial charge in [-0.05, 0) is 30.0 Å². The number of oxime groups is 1. The number of nitrogens with zero attached hydrogens (tertiary/aromatic N) is 4. The van der Waals surface area contributed by atoms with Gasteiger partial charge in [-0.1, -0.05) is 141 Å². The minimum Gasteiger partial charge on any atom is -0.431 e. The Morgan fingerprint density at radius 2 is 1.52 bits per heavy atom. The van der Waals surface area contributed by atoms with Gasteiger partial charge >= 0.3 is 12.1 Å². The molecule has 14 nitrogen and oxygen atoms in total. The van der Waals surface area contributed by atoms with Gasteiger partial charge in [-0.15, -0.1) is 23.1 Å². The maximum Gasteiger partial charge on any atom is 0.511 e. The Hall–Kier alpha value is -6.78. The fraction of sp³-hybridized carbons (Fsp3) is 0.271. The van der Waals surface area contributed by atoms with Crippen molar-refractivity contribution in [1.29, 1.82) is 0 Å². The Kier molecular flexibility index (Phi) is 14.9. The molecule has 0 saturated carbocycles. The van der Waals surface area contributed by atoms with Crippen LogP contribution < -0.4 is 11.1 Å². The van der Waals surface area contributed by atoms with Gasteiger partial charge in [-0.3, -0.25) is 19.5 Å². The van der Waals surface area contributed by atoms with Crippen molar-refractivity contribution in [3.8, 4) is 0 Å². The van der Waals surface area contributed by atoms with Crippen LogP contribution >= 0.6 is 23.1 Å². The Morgan fingerprint density at radius 3 is 2.06 bits per heavy atom. The van der Waals surface area contributed by atoms with Gasteiger partial charge in [-0.2, -0.15) is 0 Å². The lowest BCUT2D eigenvalue weighted by Crippen LogP contribution is -2.71. The largest absolute Gasteiger partial charge is 0.511 e. The lowest BCUT2D eigenvalue weighted by molar-refractivity contribution is -0.169. The number of carbonyl (C=O) groups excluding carboxylic acids is 4. The number of thioether (sulfide) groups is 1. The molecule has 64 heavy (non-hydrogen) atoms. The summed E-state index contributed by atoms with van der Waals surface area (Å²) in [6, 6.07) is 31.1. The number of carbonyl (C=O) groups is 4. The molecule has 4 heterocycles. The summed E-state index contributed by atoms with van der Waals surface area (Å²) < 4.78 is 16.4. The van der Waals surface area contributed by atoms with E-state index < -0.39 is 47.2 Å². The number of rotatable bonds is 18. The third-order valence-corrected chi connectivity index (χ3v) is 12.4. The van der Waals surface area contributed by atoms with E-state index in [2.05, 4.69) is 20.4 Å². The maximum absolute atomic E-state index is 14.5. The van der Waals surface area contributed by atoms with Gasteiger partial charge in [0.1, 0.15) is 28.9 Å². The van der Waals surface area contributed by atoms with Gasteiger partial charge in [0.05, 0.1) is 0 Å². The van der Waals surface area contributed by atoms with Crippen LogP contribution in [-0.4, -0.2) is 74.1 Å². The fourth-order valence-corrected chi connectivity index (χ4v) is 9.34. The van der Waals surface area contributed by atoms with Crippen LogP contribution in [0.1, 0.15) is 74.4 Å². The number of hydrogen-bond donors (Lipinski definition) is 2. The van der Waals surface area contributed by atoms with Gasteiger partial charge in [-0.25, -0.2) is 14.6 Å². The summed E-state index contributed by atoms with van der Waals surface area (Å²) in [6.07, 6.45) is 7.09. The molecule has 5 aromatic rings. The van der Waals surface area contributed by atoms with Crippen molar-refractivity contribution in [2.75, 3.05) is 11.5 Å². The van der Waals surface area contributed by atoms with E-state index in [-0.39, 0.29) is 34.1 Å². The molecule has 0 bridgehead atoms. The fourth-order valence-electron chi connectivity index (χ4n) is 7.47. The number of fused-ring (bicyclic) bond motifs is 1. The molecular weight excluding hydrogens is 853 g/mol. The van der Waals surface area contributed by atoms with E-state index in [4.69, 9.17) is 24.8 Å². The van der Waals surface area contributed by atoms with Crippen LogP contribution in [0, 0.1) is 0 Å². The smallest absolute Gasteiger partial charge is 0.431 e. The zero-order chi connectivity index (χ0) is 45.1. The number of β-lactam (4-membered cyclic amide) rings is 1. The summed E-state index contributed by atoms with van der Waals surface area (Å²) in [5, 5.41) is 8.46. The first-order valence-corrected chi connectivity index (χ1v) is 22.8. The number of hydrogen-bond acceptors (Lipinski definition) is 14. The minimum absolute atomic E-state index is 0.0547. The minimum atomic E-state index is -1.35. The van der Waals surface area contributed by atoms with Crippen LogP contribution in [0.25, 0.3) is 6.08 Å². The predicted octanol–water partition coefficient (Wildman–Crippen LogP) is 8.21. The molecule has 1 saturated heterocycles. The van der Waals surface area contributed by atoms with Crippen LogP contribution in [0.15, 0.2) is 143 Å². The summed E-state index contributed by atoms with van der Waals surface area (Å²) in [6.45, 7) is 5.38. The maximum atomic E-state index is 14.5. The molecule has 2 amide bonds. The summed E-state index contributed by atoms with van der Waals surface area (Å²) in [5.41, 5.74) is 8.06. The van der Waals surface area contributed by atoms with Gasteiger partial charge in [0, 0.05) is 47.1 Å². The molecular formula is C48H48N6O8S2. The highest BCUT2D eigenvalue weighted by molar-refractivity contribution is 8.00. The highest BCUT2D eigenvalue weighted by atomic mass is 32.2. The number of nitrogens with two attached hydrogens (primary N) is 1. The Labute approximate surface area is 379 Å². The standard InChI is InChI=1S/C48H48N6O8S2/c1-4-16-37(17-5-2)61-47(58)60-31(3)59-45(57)41-33(26-25-32-18-15-27-50-28-32)29-63-44-40(43(56)54(41)44)52-42(55)39(38-30-64-46(49)51-38)53-62-48(34-19-9-6-10-20-34,35-21-11-7-12-22-35)36-23-13-8-14-24-36/h6-15,18-28,30-31,37,40,44H,4-5,16-17,29H2,1-3H3,(H2,49,51)(H,52,55)/b26-25-,53-39?/t31?,40-,44-/m1/s1. The molecule has 3 N–H and O–H groups in total. The third kappa shape index (κ3) is 10.2. The number of allylic oxidation sites excluding steroid dienone is 1. The molecule has 0 spiro atoms. The number of benzene rings is 3. The van der Waals surface area contributed by atoms with E-state index in [1.807, 2.05) is 111 Å². The summed E-state index contributed by atoms with van der Waals surface area (Å²) in [5.74, 6) is -1.98. The molecule has 1 fully saturated rings. The van der Waals surface area contributed by atoms with Gasteiger partial charge in [0.15, 0.2) is 10.8 Å². The second-order valence-electron chi connectivity index (χ2n) is 14.9. The molecule has 1 unspecified atom stereocenters. The van der Waals surface area contributed by atoms with Gasteiger partial charge in [0.2, 0.25) is 11.9 Å². The second-order valence-corrected chi connectivity index (χ2v) is 16.9. The highest BCUT2D eigenvalue weighted by Crippen LogP contribution is 2.43. The number of esters is 1. The van der Waals surface area contributed by atoms with E-state index in [0.717, 1.165) is 46.4 Å². The van der Waals surface area contributed by atoms with Crippen molar-refractivity contribution in [3.63, 3.8) is 0 Å². The summed E-state index contributed by atoms with van der Waals surface area (Å²) in [4.78, 5) is 71.9. The molecule has 2 aliphatic heterocycles. The molecule has 330 valence electrons. The van der Waals surface area contributed by atoms with Crippen LogP contribution in [0.5, 0.6) is 0 Å². The normalized spacial score (nSPS) is 16.8. The summed E-state index contributed by atoms with van der Waals surface area (Å²) in [7, 11) is 0. The number of ether oxygens (including phenoxy) is 3. The number of nitrogen functional groups attached to an aromatic ring is 1. The topological polar surface area (TPSA) is 185 Å². The van der Waals surface area contributed by atoms with E-state index in [0.29, 0.717) is 18.4 Å². The Bertz CT molecular complexity index is 2400. The number of pyridine rings is 1. The predicted molar refractivity (Wildman–Crippen MR) is 245 cm³/mol. The van der Waals surface area contributed by atoms with Crippen molar-refractivity contribution in [3.05, 3.63) is 166 Å². The Morgan fingerprint density at radius 1 is 0.891 bits per heavy atom. The van der Waals surface area contributed by atoms with Crippen LogP contribution in [0.3, 0.4) is 0 Å². The third-order valence-electron chi connectivity index (χ3n) is 10.5. The molecule has 0 aliphatic carbocycles. The zero-order valence-electron chi connectivity index (χ0n) is 35.5. The summed E-state index contributed by atoms with van der Waals surface area (Å²) >= 11 is 2.46. The first-order valence-electron chi connectivity index (χ1n) is 20.9. The average Bonchev–Trinajstić information content (AvgIpc) is 3.75. The molecule has 0 radical (unpaired) electrons. The van der Waals surface area contributed by atoms with Crippen molar-refractivity contribution in [2.45, 2.75) is 75.9 Å². The molecule has 3 atom stereocenters. The van der Waals surface area contributed by atoms with Crippen LogP contribution in [-0.2, 0) is 39.0 Å². The van der Waals surface area contributed by atoms with E-state index in [1.54, 1.807) is 36.0 Å². The van der Waals surface area contributed by atoms with E-state index in [1.165, 1.54) is 23.6 Å². The number of anilines is 1. The highest BCUT2D eigenvalue weighted by Gasteiger charge is 2.55. The molecule has 2 aliphatic rings. The second kappa shape index (κ2) is 21.1. The first kappa shape index (κ1) is 45.3. The SMILES string of the molecule is CCCC(CCC)OC(=O)OC(C)OC(=O)C1=C(/C=C\c2cccnc2)CS[C@@H]2[C@H](NC(=O)C(=NOC(c3ccccc3)(c3ccccc3)c3ccccc3)c3csc(N)n3)C(=O)N12. The van der Waals surface area contributed by atoms with Crippen molar-refractivity contribution in [2.24, 2.45) is 5.16 Å². The van der Waals surface area contributed by atoms with E-state index >= 15 is 0 Å². The monoisotopic (exact) mass is 900 g/mol. The number of thiazole rings is 1. The number of nitrogens with one attached hydrogen (secondary N) is 1. The van der Waals surface area contributed by atoms with Crippen molar-refractivity contribution < 1.29 is 38.2 Å².